The molecule has 1 aromatic heterocycles. The lowest BCUT2D eigenvalue weighted by Crippen LogP contribution is -2.23. The van der Waals surface area contributed by atoms with E-state index in [0.29, 0.717) is 16.4 Å². The number of aromatic nitrogens is 1. The van der Waals surface area contributed by atoms with E-state index in [9.17, 15) is 19.6 Å². The molecule has 0 saturated heterocycles. The van der Waals surface area contributed by atoms with Crippen molar-refractivity contribution in [3.8, 4) is 6.07 Å². The van der Waals surface area contributed by atoms with Gasteiger partial charge in [0.25, 0.3) is 0 Å². The van der Waals surface area contributed by atoms with Crippen LogP contribution in [0.1, 0.15) is 16.6 Å². The van der Waals surface area contributed by atoms with Gasteiger partial charge in [-0.1, -0.05) is 18.2 Å². The molecule has 0 saturated carbocycles. The fourth-order valence-corrected chi connectivity index (χ4v) is 3.29. The van der Waals surface area contributed by atoms with Crippen molar-refractivity contribution in [1.82, 2.24) is 4.98 Å². The zero-order valence-electron chi connectivity index (χ0n) is 14.8. The minimum absolute atomic E-state index is 0.0268. The van der Waals surface area contributed by atoms with Crippen LogP contribution in [-0.2, 0) is 23.9 Å². The third-order valence-corrected chi connectivity index (χ3v) is 4.80. The topological polar surface area (TPSA) is 118 Å². The molecule has 0 amide bonds. The summed E-state index contributed by atoms with van der Waals surface area (Å²) in [5, 5.41) is 14.2. The Morgan fingerprint density at radius 2 is 2.14 bits per heavy atom. The molecule has 0 bridgehead atoms. The summed E-state index contributed by atoms with van der Waals surface area (Å²) in [6, 6.07) is 10.7. The molecule has 1 aromatic carbocycles. The molecule has 28 heavy (non-hydrogen) atoms. The van der Waals surface area contributed by atoms with Crippen LogP contribution >= 0.6 is 11.3 Å². The van der Waals surface area contributed by atoms with Gasteiger partial charge in [0.15, 0.2) is 30.5 Å². The Morgan fingerprint density at radius 1 is 1.39 bits per heavy atom. The first-order chi connectivity index (χ1) is 13.5. The second kappa shape index (κ2) is 8.45. The maximum Gasteiger partial charge on any atom is 0.347 e. The number of Topliss-reactive ketones (excluding diaryl/α,β-unsaturated/α-hetero) is 2. The highest BCUT2D eigenvalue weighted by molar-refractivity contribution is 7.09. The lowest BCUT2D eigenvalue weighted by molar-refractivity contribution is -0.145. The minimum Gasteiger partial charge on any atom is -0.470 e. The monoisotopic (exact) mass is 397 g/mol. The number of nitrogens with zero attached hydrogens (tertiary/aromatic N) is 2. The van der Waals surface area contributed by atoms with Crippen LogP contribution in [0.3, 0.4) is 0 Å². The predicted molar refractivity (Wildman–Crippen MR) is 99.2 cm³/mol. The lowest BCUT2D eigenvalue weighted by atomic mass is 10.1. The van der Waals surface area contributed by atoms with E-state index < -0.39 is 30.1 Å². The molecular weight excluding hydrogens is 382 g/mol. The van der Waals surface area contributed by atoms with Gasteiger partial charge < -0.3 is 14.8 Å². The minimum atomic E-state index is -1.13. The van der Waals surface area contributed by atoms with E-state index in [4.69, 9.17) is 9.47 Å². The molecule has 1 aliphatic heterocycles. The van der Waals surface area contributed by atoms with Gasteiger partial charge in [0, 0.05) is 16.8 Å². The average molecular weight is 397 g/mol. The summed E-state index contributed by atoms with van der Waals surface area (Å²) in [5.41, 5.74) is 1.02. The number of anilines is 1. The van der Waals surface area contributed by atoms with Crippen molar-refractivity contribution in [3.05, 3.63) is 57.9 Å². The SMILES string of the molecule is Cc1csc([C@H](C#N)C(=O)COC(=O)C2=C(Nc3ccccc3)OCC2=O)n1. The fourth-order valence-electron chi connectivity index (χ4n) is 2.43. The van der Waals surface area contributed by atoms with Gasteiger partial charge in [0.1, 0.15) is 5.01 Å². The summed E-state index contributed by atoms with van der Waals surface area (Å²) >= 11 is 1.18. The molecule has 2 aromatic rings. The molecule has 0 radical (unpaired) electrons. The van der Waals surface area contributed by atoms with Gasteiger partial charge in [0.2, 0.25) is 11.7 Å². The summed E-state index contributed by atoms with van der Waals surface area (Å²) in [7, 11) is 0. The normalized spacial score (nSPS) is 14.2. The van der Waals surface area contributed by atoms with Crippen molar-refractivity contribution in [2.75, 3.05) is 18.5 Å². The number of benzene rings is 1. The van der Waals surface area contributed by atoms with E-state index in [1.165, 1.54) is 11.3 Å². The number of esters is 1. The number of hydrogen-bond donors (Lipinski definition) is 1. The van der Waals surface area contributed by atoms with Crippen LogP contribution in [-0.4, -0.2) is 35.7 Å². The average Bonchev–Trinajstić information content (AvgIpc) is 3.27. The summed E-state index contributed by atoms with van der Waals surface area (Å²) in [4.78, 5) is 40.7. The molecule has 9 heteroatoms. The number of ketones is 2. The second-order valence-electron chi connectivity index (χ2n) is 5.84. The van der Waals surface area contributed by atoms with E-state index in [-0.39, 0.29) is 18.1 Å². The third kappa shape index (κ3) is 4.24. The Morgan fingerprint density at radius 3 is 2.79 bits per heavy atom. The Kier molecular flexibility index (Phi) is 5.81. The number of aryl methyl sites for hydroxylation is 1. The van der Waals surface area contributed by atoms with Crippen molar-refractivity contribution >= 4 is 34.6 Å². The van der Waals surface area contributed by atoms with Crippen molar-refractivity contribution in [1.29, 1.82) is 5.26 Å². The van der Waals surface area contributed by atoms with Gasteiger partial charge in [-0.15, -0.1) is 11.3 Å². The van der Waals surface area contributed by atoms with Crippen molar-refractivity contribution in [2.45, 2.75) is 12.8 Å². The smallest absolute Gasteiger partial charge is 0.347 e. The summed E-state index contributed by atoms with van der Waals surface area (Å²) in [6.45, 7) is 0.802. The summed E-state index contributed by atoms with van der Waals surface area (Å²) in [6.07, 6.45) is 0. The number of hydrogen-bond acceptors (Lipinski definition) is 9. The molecule has 0 unspecified atom stereocenters. The third-order valence-electron chi connectivity index (χ3n) is 3.77. The Balaban J connectivity index is 1.68. The highest BCUT2D eigenvalue weighted by Gasteiger charge is 2.33. The number of nitrogens with one attached hydrogen (secondary N) is 1. The van der Waals surface area contributed by atoms with Crippen molar-refractivity contribution in [3.63, 3.8) is 0 Å². The molecule has 8 nitrogen and oxygen atoms in total. The highest BCUT2D eigenvalue weighted by Crippen LogP contribution is 2.23. The molecule has 0 spiro atoms. The summed E-state index contributed by atoms with van der Waals surface area (Å²) in [5.74, 6) is -3.31. The second-order valence-corrected chi connectivity index (χ2v) is 6.73. The molecule has 1 atom stereocenters. The van der Waals surface area contributed by atoms with E-state index in [2.05, 4.69) is 10.3 Å². The lowest BCUT2D eigenvalue weighted by Gasteiger charge is -2.09. The number of carbonyl (C=O) groups is 3. The van der Waals surface area contributed by atoms with Gasteiger partial charge in [-0.05, 0) is 19.1 Å². The van der Waals surface area contributed by atoms with Crippen molar-refractivity contribution < 1.29 is 23.9 Å². The number of para-hydroxylation sites is 1. The number of carbonyl (C=O) groups excluding carboxylic acids is 3. The highest BCUT2D eigenvalue weighted by atomic mass is 32.1. The number of ether oxygens (including phenoxy) is 2. The van der Waals surface area contributed by atoms with Gasteiger partial charge in [0.05, 0.1) is 6.07 Å². The van der Waals surface area contributed by atoms with Gasteiger partial charge in [-0.25, -0.2) is 9.78 Å². The van der Waals surface area contributed by atoms with Crippen LogP contribution in [0, 0.1) is 18.3 Å². The van der Waals surface area contributed by atoms with Crippen LogP contribution < -0.4 is 5.32 Å². The van der Waals surface area contributed by atoms with Gasteiger partial charge >= 0.3 is 5.97 Å². The molecule has 3 rings (SSSR count). The quantitative estimate of drug-likeness (QED) is 0.557. The summed E-state index contributed by atoms with van der Waals surface area (Å²) < 4.78 is 10.2. The zero-order valence-corrected chi connectivity index (χ0v) is 15.6. The predicted octanol–water partition coefficient (Wildman–Crippen LogP) is 2.09. The Hall–Kier alpha value is -3.51. The van der Waals surface area contributed by atoms with Crippen LogP contribution in [0.15, 0.2) is 47.2 Å². The van der Waals surface area contributed by atoms with E-state index in [1.54, 1.807) is 36.6 Å². The standard InChI is InChI=1S/C19H15N3O5S/c1-11-10-28-18(21-11)13(7-20)14(23)8-27-19(25)16-15(24)9-26-17(16)22-12-5-3-2-4-6-12/h2-6,10,13,22H,8-9H2,1H3/t13-/m1/s1. The molecule has 1 N–H and O–H groups in total. The first-order valence-electron chi connectivity index (χ1n) is 8.23. The molecule has 0 fully saturated rings. The van der Waals surface area contributed by atoms with E-state index >= 15 is 0 Å². The molecule has 2 heterocycles. The van der Waals surface area contributed by atoms with Gasteiger partial charge in [-0.3, -0.25) is 9.59 Å². The van der Waals surface area contributed by atoms with Gasteiger partial charge in [-0.2, -0.15) is 5.26 Å². The Bertz CT molecular complexity index is 990. The first-order valence-corrected chi connectivity index (χ1v) is 9.11. The van der Waals surface area contributed by atoms with E-state index in [0.717, 1.165) is 0 Å². The Labute approximate surface area is 164 Å². The number of thiazole rings is 1. The molecule has 0 aliphatic carbocycles. The van der Waals surface area contributed by atoms with Crippen LogP contribution in [0.4, 0.5) is 5.69 Å². The number of rotatable bonds is 7. The van der Waals surface area contributed by atoms with Crippen molar-refractivity contribution in [2.24, 2.45) is 0 Å². The first kappa shape index (κ1) is 19.3. The molecular formula is C19H15N3O5S. The maximum atomic E-state index is 12.3. The maximum absolute atomic E-state index is 12.3. The zero-order chi connectivity index (χ0) is 20.1. The largest absolute Gasteiger partial charge is 0.470 e. The molecule has 1 aliphatic rings. The fraction of sp³-hybridized carbons (Fsp3) is 0.211. The van der Waals surface area contributed by atoms with Crippen LogP contribution in [0.5, 0.6) is 0 Å². The van der Waals surface area contributed by atoms with Crippen LogP contribution in [0.25, 0.3) is 0 Å². The number of nitriles is 1. The van der Waals surface area contributed by atoms with Crippen LogP contribution in [0.2, 0.25) is 0 Å². The van der Waals surface area contributed by atoms with E-state index in [1.807, 2.05) is 12.1 Å². The molecule has 142 valence electrons.